The summed E-state index contributed by atoms with van der Waals surface area (Å²) in [7, 11) is 6.13. The van der Waals surface area contributed by atoms with Crippen LogP contribution in [-0.2, 0) is 36.8 Å². The number of benzene rings is 3. The molecule has 0 spiro atoms. The van der Waals surface area contributed by atoms with Crippen molar-refractivity contribution in [3.63, 3.8) is 0 Å². The number of fused-ring (bicyclic) bond motifs is 6. The Morgan fingerprint density at radius 2 is 1.17 bits per heavy atom. The number of aromatic hydroxyl groups is 1. The van der Waals surface area contributed by atoms with Crippen LogP contribution >= 0.6 is 0 Å². The van der Waals surface area contributed by atoms with E-state index in [-0.39, 0.29) is 65.1 Å². The van der Waals surface area contributed by atoms with Gasteiger partial charge in [-0.15, -0.1) is 0 Å². The smallest absolute Gasteiger partial charge is 0.255 e. The largest absolute Gasteiger partial charge is 0.510 e. The number of phenolic OH excluding ortho intramolecular Hbond substituents is 1. The van der Waals surface area contributed by atoms with Gasteiger partial charge in [-0.25, -0.2) is 0 Å². The van der Waals surface area contributed by atoms with E-state index in [2.05, 4.69) is 10.3 Å². The number of pyridine rings is 1. The molecule has 13 N–H and O–H groups in total. The van der Waals surface area contributed by atoms with Crippen LogP contribution < -0.4 is 21.5 Å². The molecule has 0 saturated carbocycles. The van der Waals surface area contributed by atoms with E-state index in [1.54, 1.807) is 36.4 Å². The maximum atomic E-state index is 15.2. The van der Waals surface area contributed by atoms with E-state index in [0.29, 0.717) is 33.5 Å². The van der Waals surface area contributed by atoms with E-state index in [4.69, 9.17) is 16.2 Å². The molecule has 0 fully saturated rings. The van der Waals surface area contributed by atoms with Crippen molar-refractivity contribution in [2.75, 3.05) is 40.1 Å². The van der Waals surface area contributed by atoms with Crippen LogP contribution in [0.3, 0.4) is 0 Å². The van der Waals surface area contributed by atoms with Crippen LogP contribution in [0.25, 0.3) is 22.4 Å². The second-order valence-corrected chi connectivity index (χ2v) is 20.6. The molecule has 0 saturated heterocycles. The number of likely N-dealkylation sites (N-methyl/N-ethyl adjacent to an activating group) is 2. The summed E-state index contributed by atoms with van der Waals surface area (Å²) in [4.78, 5) is 102. The highest BCUT2D eigenvalue weighted by Crippen LogP contribution is 2.55. The van der Waals surface area contributed by atoms with Gasteiger partial charge in [-0.1, -0.05) is 18.2 Å². The van der Waals surface area contributed by atoms with E-state index in [0.717, 1.165) is 0 Å². The molecule has 8 atom stereocenters. The number of hydrogen-bond acceptors (Lipinski definition) is 19. The molecule has 0 aliphatic heterocycles. The second-order valence-electron chi connectivity index (χ2n) is 20.6. The van der Waals surface area contributed by atoms with Gasteiger partial charge in [0.2, 0.25) is 17.5 Å². The van der Waals surface area contributed by atoms with Crippen LogP contribution in [0, 0.1) is 23.7 Å². The normalized spacial score (nSPS) is 26.7. The number of hydrogen-bond donors (Lipinski definition) is 11. The van der Waals surface area contributed by atoms with Gasteiger partial charge in [-0.05, 0) is 130 Å². The molecule has 3 amide bonds. The number of carbonyl (C=O) groups is 7. The van der Waals surface area contributed by atoms with Crippen molar-refractivity contribution in [2.45, 2.75) is 49.0 Å². The minimum Gasteiger partial charge on any atom is -0.510 e. The summed E-state index contributed by atoms with van der Waals surface area (Å²) in [6.07, 6.45) is 1.05. The first-order chi connectivity index (χ1) is 36.4. The number of phenols is 1. The summed E-state index contributed by atoms with van der Waals surface area (Å²) >= 11 is 0. The number of anilines is 1. The first-order valence-electron chi connectivity index (χ1n) is 24.3. The summed E-state index contributed by atoms with van der Waals surface area (Å²) in [6, 6.07) is 13.2. The molecule has 1 aromatic heterocycles. The average Bonchev–Trinajstić information content (AvgIpc) is 3.47. The van der Waals surface area contributed by atoms with Crippen molar-refractivity contribution in [2.24, 2.45) is 35.1 Å². The van der Waals surface area contributed by atoms with Gasteiger partial charge >= 0.3 is 0 Å². The lowest BCUT2D eigenvalue weighted by molar-refractivity contribution is -0.149. The third-order valence-electron chi connectivity index (χ3n) is 16.1. The summed E-state index contributed by atoms with van der Waals surface area (Å²) in [5.41, 5.74) is 5.40. The van der Waals surface area contributed by atoms with Gasteiger partial charge in [-0.3, -0.25) is 48.3 Å². The molecule has 0 radical (unpaired) electrons. The van der Waals surface area contributed by atoms with E-state index < -0.39 is 134 Å². The lowest BCUT2D eigenvalue weighted by Crippen LogP contribution is -2.63. The molecule has 4 aromatic rings. The number of ether oxygens (including phenoxy) is 1. The number of aromatic nitrogens is 1. The maximum Gasteiger partial charge on any atom is 0.255 e. The second kappa shape index (κ2) is 18.3. The number of ketones is 4. The number of nitrogens with one attached hydrogen (secondary N) is 1. The molecule has 10 rings (SSSR count). The quantitative estimate of drug-likeness (QED) is 0.102. The number of aliphatic hydroxyl groups excluding tert-OH is 5. The number of primary amides is 2. The molecule has 1 heterocycles. The van der Waals surface area contributed by atoms with Crippen LogP contribution in [0.4, 0.5) is 5.69 Å². The van der Waals surface area contributed by atoms with Crippen LogP contribution in [0.5, 0.6) is 17.2 Å². The molecule has 22 heteroatoms. The number of Topliss-reactive ketones (excluding diaryl/α,β-unsaturated/α-hetero) is 4. The fourth-order valence-corrected chi connectivity index (χ4v) is 12.7. The van der Waals surface area contributed by atoms with Crippen molar-refractivity contribution < 1.29 is 79.2 Å². The molecule has 77 heavy (non-hydrogen) atoms. The van der Waals surface area contributed by atoms with Crippen molar-refractivity contribution in [1.29, 1.82) is 0 Å². The molecule has 22 nitrogen and oxygen atoms in total. The molecule has 398 valence electrons. The lowest BCUT2D eigenvalue weighted by atomic mass is 9.58. The summed E-state index contributed by atoms with van der Waals surface area (Å²) in [6.45, 7) is -0.746. The fraction of sp³-hybridized carbons (Fsp3) is 0.309. The van der Waals surface area contributed by atoms with Crippen molar-refractivity contribution in [3.05, 3.63) is 134 Å². The van der Waals surface area contributed by atoms with Gasteiger partial charge in [0.05, 0.1) is 35.1 Å². The molecule has 6 aliphatic carbocycles. The van der Waals surface area contributed by atoms with E-state index in [1.165, 1.54) is 68.5 Å². The average molecular weight is 1050 g/mol. The molecular weight excluding hydrogens is 1000 g/mol. The van der Waals surface area contributed by atoms with Gasteiger partial charge in [0.15, 0.2) is 22.8 Å². The van der Waals surface area contributed by atoms with E-state index >= 15 is 4.79 Å². The Morgan fingerprint density at radius 3 is 1.64 bits per heavy atom. The van der Waals surface area contributed by atoms with Crippen LogP contribution in [0.1, 0.15) is 44.7 Å². The van der Waals surface area contributed by atoms with Crippen molar-refractivity contribution >= 4 is 46.5 Å². The Kier molecular flexibility index (Phi) is 12.4. The van der Waals surface area contributed by atoms with Gasteiger partial charge < -0.3 is 62.4 Å². The molecular formula is C55H52N6O16. The van der Waals surface area contributed by atoms with Crippen molar-refractivity contribution in [1.82, 2.24) is 14.8 Å². The summed E-state index contributed by atoms with van der Waals surface area (Å²) in [5.74, 6) is -15.8. The van der Waals surface area contributed by atoms with Crippen molar-refractivity contribution in [3.8, 4) is 39.6 Å². The first kappa shape index (κ1) is 51.9. The Bertz CT molecular complexity index is 3490. The maximum absolute atomic E-state index is 15.2. The number of aliphatic hydroxyl groups is 7. The first-order valence-corrected chi connectivity index (χ1v) is 24.3. The Balaban J connectivity index is 1.03. The number of allylic oxidation sites excluding steroid dienone is 2. The topological polar surface area (TPSA) is 374 Å². The highest BCUT2D eigenvalue weighted by Gasteiger charge is 2.65. The minimum atomic E-state index is -2.85. The number of rotatable bonds is 10. The predicted molar refractivity (Wildman–Crippen MR) is 270 cm³/mol. The number of nitrogens with zero attached hydrogens (tertiary/aromatic N) is 3. The highest BCUT2D eigenvalue weighted by molar-refractivity contribution is 6.26. The highest BCUT2D eigenvalue weighted by atomic mass is 16.5. The zero-order valence-electron chi connectivity index (χ0n) is 41.7. The zero-order chi connectivity index (χ0) is 55.6. The van der Waals surface area contributed by atoms with Crippen LogP contribution in [0.2, 0.25) is 0 Å². The van der Waals surface area contributed by atoms with Gasteiger partial charge in [0, 0.05) is 34.2 Å². The van der Waals surface area contributed by atoms with E-state index in [9.17, 15) is 69.6 Å². The van der Waals surface area contributed by atoms with E-state index in [1.807, 2.05) is 0 Å². The van der Waals surface area contributed by atoms with Crippen LogP contribution in [0.15, 0.2) is 112 Å². The molecule has 3 aromatic carbocycles. The zero-order valence-corrected chi connectivity index (χ0v) is 41.7. The fourth-order valence-electron chi connectivity index (χ4n) is 12.7. The predicted octanol–water partition coefficient (Wildman–Crippen LogP) is 2.30. The van der Waals surface area contributed by atoms with Gasteiger partial charge in [-0.2, -0.15) is 0 Å². The number of amides is 3. The Hall–Kier alpha value is -8.54. The standard InChI is InChI=1S/C55H52N6O16/c1-60(2)42-30-17-22-15-28-26(21-5-7-24(8-6-21)59-35(64)20-62)11-14-34(39(28)45(66)37(22)49(70)55(30,76)51(72)41(47(42)68)53(57)74)77-25-9-12-32(58-19-25)27-10-13-33(63)38-29(27)16-23-18-31-43(61(3)4)46(67)40(52(56)73)50(71)54(31,75)48(69)36(23)44(38)65/h5-14,19,22-23,30-31,42-43,62-63,67-70,75-76H,15-18,20H2,1-4H3,(H2,56,73)(H2,57,74)(H,59,64)/t22-,23-,30-,31-,42-,43-,54-,55-/m0/s1. The SMILES string of the molecule is CN(C)[C@@H]1C(O)=C(C(N)=O)C(=O)[C@@]2(O)C(O)=C3C(=O)c4c(O)ccc(-c5ccc(Oc6ccc(-c7ccc(NC(=O)CO)cc7)c7c6C(=O)C6=C(O)[C@]8(O)C(=O)C(C(N)=O)=C(O)[C@@H](N(C)C)[C@@H]8C[C@@H]6C7)cn5)c4C[C@H]3C[C@@H]12. The van der Waals surface area contributed by atoms with Crippen LogP contribution in [-0.4, -0.2) is 155 Å². The lowest BCUT2D eigenvalue weighted by Gasteiger charge is -2.50. The number of nitrogens with two attached hydrogens (primary N) is 2. The molecule has 6 aliphatic rings. The third-order valence-corrected chi connectivity index (χ3v) is 16.1. The third kappa shape index (κ3) is 7.57. The Morgan fingerprint density at radius 1 is 0.675 bits per heavy atom. The Labute approximate surface area is 437 Å². The monoisotopic (exact) mass is 1050 g/mol. The minimum absolute atomic E-state index is 0.0267. The summed E-state index contributed by atoms with van der Waals surface area (Å²) < 4.78 is 6.41. The van der Waals surface area contributed by atoms with Gasteiger partial charge in [0.1, 0.15) is 58.0 Å². The molecule has 0 bridgehead atoms. The molecule has 0 unspecified atom stereocenters. The summed E-state index contributed by atoms with van der Waals surface area (Å²) in [5, 5.41) is 93.6. The van der Waals surface area contributed by atoms with Gasteiger partial charge in [0.25, 0.3) is 11.8 Å². The number of carbonyl (C=O) groups excluding carboxylic acids is 7.